The molecule has 0 radical (unpaired) electrons. The smallest absolute Gasteiger partial charge is 0.248 e. The Kier molecular flexibility index (Phi) is 3.80. The van der Waals surface area contributed by atoms with Crippen LogP contribution >= 0.6 is 0 Å². The van der Waals surface area contributed by atoms with Gasteiger partial charge in [-0.15, -0.1) is 0 Å². The quantitative estimate of drug-likeness (QED) is 0.882. The Morgan fingerprint density at radius 2 is 2.16 bits per heavy atom. The van der Waals surface area contributed by atoms with Gasteiger partial charge in [-0.05, 0) is 18.5 Å². The number of amides is 1. The molecule has 0 spiro atoms. The van der Waals surface area contributed by atoms with E-state index in [1.165, 1.54) is 5.56 Å². The topological polar surface area (TPSA) is 41.6 Å². The Morgan fingerprint density at radius 1 is 1.32 bits per heavy atom. The SMILES string of the molecule is O=C1COC(C2CCNC2)CN1Cc1ccccc1. The normalized spacial score (nSPS) is 27.8. The van der Waals surface area contributed by atoms with Crippen molar-refractivity contribution in [2.75, 3.05) is 26.2 Å². The molecule has 2 heterocycles. The molecule has 3 rings (SSSR count). The van der Waals surface area contributed by atoms with E-state index in [0.29, 0.717) is 12.5 Å². The summed E-state index contributed by atoms with van der Waals surface area (Å²) in [5, 5.41) is 3.36. The van der Waals surface area contributed by atoms with Gasteiger partial charge in [0.25, 0.3) is 0 Å². The van der Waals surface area contributed by atoms with Crippen molar-refractivity contribution in [3.05, 3.63) is 35.9 Å². The fourth-order valence-electron chi connectivity index (χ4n) is 2.88. The molecule has 2 fully saturated rings. The maximum Gasteiger partial charge on any atom is 0.248 e. The number of carbonyl (C=O) groups excluding carboxylic acids is 1. The maximum atomic E-state index is 11.9. The third kappa shape index (κ3) is 2.96. The lowest BCUT2D eigenvalue weighted by Gasteiger charge is -2.35. The highest BCUT2D eigenvalue weighted by Crippen LogP contribution is 2.21. The Morgan fingerprint density at radius 3 is 2.89 bits per heavy atom. The van der Waals surface area contributed by atoms with Crippen LogP contribution in [0.4, 0.5) is 0 Å². The average molecular weight is 260 g/mol. The van der Waals surface area contributed by atoms with E-state index in [1.54, 1.807) is 0 Å². The lowest BCUT2D eigenvalue weighted by Crippen LogP contribution is -2.49. The van der Waals surface area contributed by atoms with Crippen LogP contribution in [-0.4, -0.2) is 43.2 Å². The monoisotopic (exact) mass is 260 g/mol. The molecular formula is C15H20N2O2. The summed E-state index contributed by atoms with van der Waals surface area (Å²) < 4.78 is 5.71. The summed E-state index contributed by atoms with van der Waals surface area (Å²) in [6.45, 7) is 3.73. The zero-order valence-corrected chi connectivity index (χ0v) is 11.0. The van der Waals surface area contributed by atoms with Gasteiger partial charge in [0.2, 0.25) is 5.91 Å². The molecule has 2 aliphatic rings. The first-order valence-corrected chi connectivity index (χ1v) is 6.97. The molecule has 102 valence electrons. The van der Waals surface area contributed by atoms with Crippen LogP contribution in [0.1, 0.15) is 12.0 Å². The lowest BCUT2D eigenvalue weighted by molar-refractivity contribution is -0.152. The van der Waals surface area contributed by atoms with Gasteiger partial charge < -0.3 is 15.0 Å². The average Bonchev–Trinajstić information content (AvgIpc) is 2.96. The van der Waals surface area contributed by atoms with Gasteiger partial charge in [-0.1, -0.05) is 30.3 Å². The summed E-state index contributed by atoms with van der Waals surface area (Å²) in [4.78, 5) is 13.9. The second-order valence-corrected chi connectivity index (χ2v) is 5.36. The summed E-state index contributed by atoms with van der Waals surface area (Å²) in [6.07, 6.45) is 1.34. The van der Waals surface area contributed by atoms with Crippen LogP contribution in [0.5, 0.6) is 0 Å². The predicted molar refractivity (Wildman–Crippen MR) is 72.6 cm³/mol. The van der Waals surface area contributed by atoms with Crippen molar-refractivity contribution < 1.29 is 9.53 Å². The molecule has 0 bridgehead atoms. The first-order chi connectivity index (χ1) is 9.33. The highest BCUT2D eigenvalue weighted by Gasteiger charge is 2.33. The molecule has 1 aromatic rings. The molecule has 4 nitrogen and oxygen atoms in total. The zero-order valence-electron chi connectivity index (χ0n) is 11.0. The van der Waals surface area contributed by atoms with Crippen LogP contribution in [0.2, 0.25) is 0 Å². The molecule has 2 unspecified atom stereocenters. The van der Waals surface area contributed by atoms with Crippen molar-refractivity contribution in [3.8, 4) is 0 Å². The summed E-state index contributed by atoms with van der Waals surface area (Å²) in [5.74, 6) is 0.650. The molecule has 2 saturated heterocycles. The first kappa shape index (κ1) is 12.6. The summed E-state index contributed by atoms with van der Waals surface area (Å²) in [7, 11) is 0. The van der Waals surface area contributed by atoms with Crippen molar-refractivity contribution in [1.82, 2.24) is 10.2 Å². The van der Waals surface area contributed by atoms with Crippen LogP contribution < -0.4 is 5.32 Å². The molecule has 4 heteroatoms. The molecule has 1 amide bonds. The van der Waals surface area contributed by atoms with E-state index < -0.39 is 0 Å². The number of hydrogen-bond donors (Lipinski definition) is 1. The molecular weight excluding hydrogens is 240 g/mol. The number of morpholine rings is 1. The van der Waals surface area contributed by atoms with Crippen molar-refractivity contribution in [3.63, 3.8) is 0 Å². The van der Waals surface area contributed by atoms with E-state index in [9.17, 15) is 4.79 Å². The van der Waals surface area contributed by atoms with Gasteiger partial charge in [0, 0.05) is 25.6 Å². The van der Waals surface area contributed by atoms with Gasteiger partial charge >= 0.3 is 0 Å². The molecule has 0 saturated carbocycles. The molecule has 0 aliphatic carbocycles. The fraction of sp³-hybridized carbons (Fsp3) is 0.533. The fourth-order valence-corrected chi connectivity index (χ4v) is 2.88. The van der Waals surface area contributed by atoms with Crippen molar-refractivity contribution >= 4 is 5.91 Å². The van der Waals surface area contributed by atoms with E-state index in [1.807, 2.05) is 23.1 Å². The minimum Gasteiger partial charge on any atom is -0.366 e. The Hall–Kier alpha value is -1.39. The van der Waals surface area contributed by atoms with Gasteiger partial charge in [0.05, 0.1) is 6.10 Å². The highest BCUT2D eigenvalue weighted by atomic mass is 16.5. The summed E-state index contributed by atoms with van der Waals surface area (Å²) in [6, 6.07) is 10.2. The molecule has 2 atom stereocenters. The van der Waals surface area contributed by atoms with Crippen LogP contribution in [0.3, 0.4) is 0 Å². The number of nitrogens with one attached hydrogen (secondary N) is 1. The van der Waals surface area contributed by atoms with Gasteiger partial charge in [-0.25, -0.2) is 0 Å². The number of nitrogens with zero attached hydrogens (tertiary/aromatic N) is 1. The van der Waals surface area contributed by atoms with Gasteiger partial charge in [0.15, 0.2) is 0 Å². The van der Waals surface area contributed by atoms with Gasteiger partial charge in [-0.2, -0.15) is 0 Å². The van der Waals surface area contributed by atoms with Gasteiger partial charge in [-0.3, -0.25) is 4.79 Å². The van der Waals surface area contributed by atoms with Crippen LogP contribution in [0.25, 0.3) is 0 Å². The Balaban J connectivity index is 1.64. The number of rotatable bonds is 3. The Bertz CT molecular complexity index is 429. The van der Waals surface area contributed by atoms with Gasteiger partial charge in [0.1, 0.15) is 6.61 Å². The van der Waals surface area contributed by atoms with E-state index in [4.69, 9.17) is 4.74 Å². The minimum atomic E-state index is 0.103. The lowest BCUT2D eigenvalue weighted by atomic mass is 9.99. The number of hydrogen-bond acceptors (Lipinski definition) is 3. The molecule has 1 N–H and O–H groups in total. The zero-order chi connectivity index (χ0) is 13.1. The van der Waals surface area contributed by atoms with E-state index in [-0.39, 0.29) is 18.6 Å². The van der Waals surface area contributed by atoms with Crippen LogP contribution in [0.15, 0.2) is 30.3 Å². The standard InChI is InChI=1S/C15H20N2O2/c18-15-11-19-14(13-6-7-16-8-13)10-17(15)9-12-4-2-1-3-5-12/h1-5,13-14,16H,6-11H2. The van der Waals surface area contributed by atoms with Crippen LogP contribution in [0, 0.1) is 5.92 Å². The Labute approximate surface area is 113 Å². The summed E-state index contributed by atoms with van der Waals surface area (Å²) >= 11 is 0. The second kappa shape index (κ2) is 5.72. The van der Waals surface area contributed by atoms with Crippen molar-refractivity contribution in [1.29, 1.82) is 0 Å². The van der Waals surface area contributed by atoms with Crippen LogP contribution in [-0.2, 0) is 16.1 Å². The van der Waals surface area contributed by atoms with Crippen molar-refractivity contribution in [2.24, 2.45) is 5.92 Å². The summed E-state index contributed by atoms with van der Waals surface area (Å²) in [5.41, 5.74) is 1.18. The second-order valence-electron chi connectivity index (χ2n) is 5.36. The maximum absolute atomic E-state index is 11.9. The van der Waals surface area contributed by atoms with E-state index in [0.717, 1.165) is 26.1 Å². The number of ether oxygens (including phenoxy) is 1. The highest BCUT2D eigenvalue weighted by molar-refractivity contribution is 5.78. The molecule has 2 aliphatic heterocycles. The molecule has 19 heavy (non-hydrogen) atoms. The number of carbonyl (C=O) groups is 1. The van der Waals surface area contributed by atoms with E-state index >= 15 is 0 Å². The first-order valence-electron chi connectivity index (χ1n) is 6.97. The molecule has 1 aromatic carbocycles. The predicted octanol–water partition coefficient (Wildman–Crippen LogP) is 1.02. The van der Waals surface area contributed by atoms with Crippen molar-refractivity contribution in [2.45, 2.75) is 19.1 Å². The minimum absolute atomic E-state index is 0.103. The molecule has 0 aromatic heterocycles. The third-order valence-electron chi connectivity index (χ3n) is 4.01. The number of benzene rings is 1. The largest absolute Gasteiger partial charge is 0.366 e. The third-order valence-corrected chi connectivity index (χ3v) is 4.01. The van der Waals surface area contributed by atoms with E-state index in [2.05, 4.69) is 17.4 Å².